The molecule has 2 rings (SSSR count). The SMILES string of the molecule is CSC1(CNc2ccc([N+](=O)[O-])c(I)c2)CCCC1. The van der Waals surface area contributed by atoms with Gasteiger partial charge in [-0.15, -0.1) is 0 Å². The molecule has 104 valence electrons. The molecule has 1 N–H and O–H groups in total. The molecular formula is C13H17IN2O2S. The van der Waals surface area contributed by atoms with Gasteiger partial charge in [0, 0.05) is 23.0 Å². The topological polar surface area (TPSA) is 55.2 Å². The molecular weight excluding hydrogens is 375 g/mol. The van der Waals surface area contributed by atoms with E-state index in [4.69, 9.17) is 0 Å². The molecule has 19 heavy (non-hydrogen) atoms. The molecule has 0 unspecified atom stereocenters. The zero-order chi connectivity index (χ0) is 13.9. The van der Waals surface area contributed by atoms with Crippen LogP contribution in [0.2, 0.25) is 0 Å². The third-order valence-electron chi connectivity index (χ3n) is 3.71. The Bertz CT molecular complexity index is 476. The highest BCUT2D eigenvalue weighted by Gasteiger charge is 2.32. The molecule has 1 saturated carbocycles. The van der Waals surface area contributed by atoms with Gasteiger partial charge in [-0.1, -0.05) is 12.8 Å². The number of nitrogens with one attached hydrogen (secondary N) is 1. The molecule has 0 spiro atoms. The van der Waals surface area contributed by atoms with Crippen molar-refractivity contribution in [2.24, 2.45) is 0 Å². The second kappa shape index (κ2) is 6.30. The predicted octanol–water partition coefficient (Wildman–Crippen LogP) is 4.29. The van der Waals surface area contributed by atoms with Gasteiger partial charge >= 0.3 is 0 Å². The number of anilines is 1. The summed E-state index contributed by atoms with van der Waals surface area (Å²) in [5, 5.41) is 14.2. The van der Waals surface area contributed by atoms with Crippen LogP contribution in [0.5, 0.6) is 0 Å². The summed E-state index contributed by atoms with van der Waals surface area (Å²) in [6, 6.07) is 5.22. The minimum absolute atomic E-state index is 0.173. The second-order valence-corrected chi connectivity index (χ2v) is 7.31. The maximum Gasteiger partial charge on any atom is 0.282 e. The summed E-state index contributed by atoms with van der Waals surface area (Å²) in [5.41, 5.74) is 1.14. The largest absolute Gasteiger partial charge is 0.384 e. The quantitative estimate of drug-likeness (QED) is 0.462. The van der Waals surface area contributed by atoms with Crippen LogP contribution in [-0.4, -0.2) is 22.5 Å². The van der Waals surface area contributed by atoms with Crippen molar-refractivity contribution in [3.63, 3.8) is 0 Å². The Morgan fingerprint density at radius 2 is 2.16 bits per heavy atom. The van der Waals surface area contributed by atoms with Crippen LogP contribution in [0.25, 0.3) is 0 Å². The lowest BCUT2D eigenvalue weighted by atomic mass is 10.1. The summed E-state index contributed by atoms with van der Waals surface area (Å²) in [5.74, 6) is 0. The van der Waals surface area contributed by atoms with Crippen LogP contribution in [0.3, 0.4) is 0 Å². The number of nitrogens with zero attached hydrogens (tertiary/aromatic N) is 1. The first-order chi connectivity index (χ1) is 9.06. The second-order valence-electron chi connectivity index (χ2n) is 4.87. The van der Waals surface area contributed by atoms with Crippen molar-refractivity contribution < 1.29 is 4.92 Å². The van der Waals surface area contributed by atoms with Gasteiger partial charge in [-0.25, -0.2) is 0 Å². The van der Waals surface area contributed by atoms with Crippen LogP contribution in [0, 0.1) is 13.7 Å². The van der Waals surface area contributed by atoms with Crippen molar-refractivity contribution in [3.8, 4) is 0 Å². The van der Waals surface area contributed by atoms with Crippen LogP contribution < -0.4 is 5.32 Å². The number of rotatable bonds is 5. The molecule has 4 nitrogen and oxygen atoms in total. The van der Waals surface area contributed by atoms with Crippen LogP contribution in [-0.2, 0) is 0 Å². The average Bonchev–Trinajstić information content (AvgIpc) is 2.85. The molecule has 1 aliphatic carbocycles. The minimum Gasteiger partial charge on any atom is -0.384 e. The van der Waals surface area contributed by atoms with Crippen LogP contribution >= 0.6 is 34.4 Å². The molecule has 1 aliphatic rings. The first-order valence-electron chi connectivity index (χ1n) is 6.29. The summed E-state index contributed by atoms with van der Waals surface area (Å²) in [6.07, 6.45) is 7.30. The third kappa shape index (κ3) is 3.53. The van der Waals surface area contributed by atoms with E-state index < -0.39 is 0 Å². The fraction of sp³-hybridized carbons (Fsp3) is 0.538. The molecule has 0 heterocycles. The number of benzene rings is 1. The standard InChI is InChI=1S/C13H17IN2O2S/c1-19-13(6-2-3-7-13)9-15-10-4-5-12(16(17)18)11(14)8-10/h4-5,8,15H,2-3,6-7,9H2,1H3. The molecule has 1 fully saturated rings. The van der Waals surface area contributed by atoms with Crippen LogP contribution in [0.1, 0.15) is 25.7 Å². The van der Waals surface area contributed by atoms with Gasteiger partial charge < -0.3 is 5.32 Å². The van der Waals surface area contributed by atoms with Crippen molar-refractivity contribution in [2.45, 2.75) is 30.4 Å². The highest BCUT2D eigenvalue weighted by atomic mass is 127. The Hall–Kier alpha value is -0.500. The molecule has 0 atom stereocenters. The van der Waals surface area contributed by atoms with E-state index in [1.54, 1.807) is 12.1 Å². The van der Waals surface area contributed by atoms with Gasteiger partial charge in [-0.05, 0) is 53.8 Å². The van der Waals surface area contributed by atoms with Gasteiger partial charge in [-0.3, -0.25) is 10.1 Å². The van der Waals surface area contributed by atoms with E-state index in [9.17, 15) is 10.1 Å². The van der Waals surface area contributed by atoms with Crippen LogP contribution in [0.4, 0.5) is 11.4 Å². The average molecular weight is 392 g/mol. The number of hydrogen-bond acceptors (Lipinski definition) is 4. The van der Waals surface area contributed by atoms with Crippen molar-refractivity contribution in [3.05, 3.63) is 31.9 Å². The lowest BCUT2D eigenvalue weighted by Gasteiger charge is -2.27. The maximum absolute atomic E-state index is 10.8. The summed E-state index contributed by atoms with van der Waals surface area (Å²) >= 11 is 3.95. The minimum atomic E-state index is -0.341. The monoisotopic (exact) mass is 392 g/mol. The smallest absolute Gasteiger partial charge is 0.282 e. The van der Waals surface area contributed by atoms with E-state index in [0.29, 0.717) is 8.32 Å². The van der Waals surface area contributed by atoms with Gasteiger partial charge in [0.25, 0.3) is 5.69 Å². The first kappa shape index (κ1) is 14.9. The first-order valence-corrected chi connectivity index (χ1v) is 8.60. The molecule has 0 saturated heterocycles. The van der Waals surface area contributed by atoms with Gasteiger partial charge in [0.1, 0.15) is 0 Å². The van der Waals surface area contributed by atoms with Gasteiger partial charge in [0.15, 0.2) is 0 Å². The molecule has 1 aromatic rings. The fourth-order valence-corrected chi connectivity index (χ4v) is 4.13. The fourth-order valence-electron chi connectivity index (χ4n) is 2.50. The normalized spacial score (nSPS) is 17.4. The Morgan fingerprint density at radius 1 is 1.47 bits per heavy atom. The van der Waals surface area contributed by atoms with Crippen molar-refractivity contribution in [2.75, 3.05) is 18.1 Å². The highest BCUT2D eigenvalue weighted by Crippen LogP contribution is 2.40. The number of nitro groups is 1. The molecule has 0 aromatic heterocycles. The summed E-state index contributed by atoms with van der Waals surface area (Å²) in [4.78, 5) is 10.4. The number of nitro benzene ring substituents is 1. The van der Waals surface area contributed by atoms with E-state index >= 15 is 0 Å². The maximum atomic E-state index is 10.8. The Balaban J connectivity index is 2.03. The van der Waals surface area contributed by atoms with Crippen molar-refractivity contribution >= 4 is 45.7 Å². The van der Waals surface area contributed by atoms with E-state index in [1.165, 1.54) is 25.7 Å². The van der Waals surface area contributed by atoms with E-state index in [2.05, 4.69) is 11.6 Å². The lowest BCUT2D eigenvalue weighted by molar-refractivity contribution is -0.385. The number of hydrogen-bond donors (Lipinski definition) is 1. The summed E-state index contributed by atoms with van der Waals surface area (Å²) in [6.45, 7) is 0.933. The molecule has 1 aromatic carbocycles. The number of halogens is 1. The van der Waals surface area contributed by atoms with Gasteiger partial charge in [-0.2, -0.15) is 11.8 Å². The Labute approximate surface area is 131 Å². The lowest BCUT2D eigenvalue weighted by Crippen LogP contribution is -2.30. The number of thioether (sulfide) groups is 1. The molecule has 0 amide bonds. The Kier molecular flexibility index (Phi) is 4.94. The van der Waals surface area contributed by atoms with Crippen molar-refractivity contribution in [1.29, 1.82) is 0 Å². The van der Waals surface area contributed by atoms with E-state index in [0.717, 1.165) is 12.2 Å². The Morgan fingerprint density at radius 3 is 2.68 bits per heavy atom. The highest BCUT2D eigenvalue weighted by molar-refractivity contribution is 14.1. The van der Waals surface area contributed by atoms with Gasteiger partial charge in [0.05, 0.1) is 8.49 Å². The summed E-state index contributed by atoms with van der Waals surface area (Å²) < 4.78 is 1.02. The zero-order valence-corrected chi connectivity index (χ0v) is 13.8. The van der Waals surface area contributed by atoms with E-state index in [1.807, 2.05) is 40.4 Å². The van der Waals surface area contributed by atoms with E-state index in [-0.39, 0.29) is 10.6 Å². The molecule has 0 aliphatic heterocycles. The zero-order valence-electron chi connectivity index (χ0n) is 10.8. The molecule has 0 bridgehead atoms. The predicted molar refractivity (Wildman–Crippen MR) is 89.0 cm³/mol. The molecule has 6 heteroatoms. The molecule has 0 radical (unpaired) electrons. The summed E-state index contributed by atoms with van der Waals surface area (Å²) in [7, 11) is 0. The van der Waals surface area contributed by atoms with Crippen molar-refractivity contribution in [1.82, 2.24) is 0 Å². The van der Waals surface area contributed by atoms with Crippen LogP contribution in [0.15, 0.2) is 18.2 Å². The third-order valence-corrected chi connectivity index (χ3v) is 5.99. The van der Waals surface area contributed by atoms with Gasteiger partial charge in [0.2, 0.25) is 0 Å².